The number of halogens is 1. The summed E-state index contributed by atoms with van der Waals surface area (Å²) in [6, 6.07) is 21.3. The van der Waals surface area contributed by atoms with Crippen LogP contribution in [0.3, 0.4) is 0 Å². The number of piperidine rings is 4. The Labute approximate surface area is 327 Å². The third-order valence-electron chi connectivity index (χ3n) is 13.1. The fraction of sp³-hybridized carbons (Fsp3) is 0.455. The lowest BCUT2D eigenvalue weighted by molar-refractivity contribution is -0.136. The summed E-state index contributed by atoms with van der Waals surface area (Å²) in [5.74, 6) is 0.915. The largest absolute Gasteiger partial charge is 0.372 e. The summed E-state index contributed by atoms with van der Waals surface area (Å²) < 4.78 is 0. The number of anilines is 2. The van der Waals surface area contributed by atoms with Gasteiger partial charge in [-0.15, -0.1) is 0 Å². The second-order valence-corrected chi connectivity index (χ2v) is 16.7. The van der Waals surface area contributed by atoms with Crippen LogP contribution in [0.1, 0.15) is 95.8 Å². The Morgan fingerprint density at radius 3 is 2.36 bits per heavy atom. The first-order valence-electron chi connectivity index (χ1n) is 20.1. The lowest BCUT2D eigenvalue weighted by Crippen LogP contribution is -2.52. The number of aromatic nitrogens is 1. The smallest absolute Gasteiger partial charge is 0.255 e. The third-order valence-corrected chi connectivity index (χ3v) is 13.4. The fourth-order valence-electron chi connectivity index (χ4n) is 10.0. The zero-order valence-corrected chi connectivity index (χ0v) is 32.0. The maximum Gasteiger partial charge on any atom is 0.255 e. The molecule has 4 saturated heterocycles. The van der Waals surface area contributed by atoms with Crippen molar-refractivity contribution in [2.24, 2.45) is 5.92 Å². The van der Waals surface area contributed by atoms with Gasteiger partial charge in [-0.3, -0.25) is 19.7 Å². The van der Waals surface area contributed by atoms with Crippen molar-refractivity contribution >= 4 is 51.6 Å². The van der Waals surface area contributed by atoms with Crippen molar-refractivity contribution in [3.05, 3.63) is 93.6 Å². The number of nitriles is 1. The number of hydrogen-bond donors (Lipinski definition) is 2. The molecule has 4 aromatic rings. The summed E-state index contributed by atoms with van der Waals surface area (Å²) in [4.78, 5) is 49.8. The lowest BCUT2D eigenvalue weighted by atomic mass is 9.87. The predicted octanol–water partition coefficient (Wildman–Crippen LogP) is 6.93. The van der Waals surface area contributed by atoms with Gasteiger partial charge in [0.05, 0.1) is 16.1 Å². The highest BCUT2D eigenvalue weighted by Crippen LogP contribution is 2.38. The van der Waals surface area contributed by atoms with E-state index in [0.29, 0.717) is 46.9 Å². The van der Waals surface area contributed by atoms with Crippen molar-refractivity contribution in [3.8, 4) is 6.07 Å². The van der Waals surface area contributed by atoms with Gasteiger partial charge in [0, 0.05) is 80.1 Å². The summed E-state index contributed by atoms with van der Waals surface area (Å²) in [6.45, 7) is 7.88. The number of H-pyrrole nitrogens is 1. The molecule has 0 aliphatic carbocycles. The van der Waals surface area contributed by atoms with Crippen molar-refractivity contribution in [2.75, 3.05) is 55.6 Å². The van der Waals surface area contributed by atoms with Gasteiger partial charge in [0.1, 0.15) is 12.1 Å². The highest BCUT2D eigenvalue weighted by atomic mass is 35.5. The second kappa shape index (κ2) is 15.0. The zero-order valence-electron chi connectivity index (χ0n) is 31.2. The number of benzene rings is 3. The van der Waals surface area contributed by atoms with E-state index in [-0.39, 0.29) is 24.1 Å². The minimum Gasteiger partial charge on any atom is -0.372 e. The normalized spacial score (nSPS) is 23.0. The zero-order chi connectivity index (χ0) is 37.6. The maximum atomic E-state index is 13.1. The third kappa shape index (κ3) is 6.98. The molecule has 284 valence electrons. The van der Waals surface area contributed by atoms with Gasteiger partial charge >= 0.3 is 0 Å². The summed E-state index contributed by atoms with van der Waals surface area (Å²) >= 11 is 6.51. The van der Waals surface area contributed by atoms with Crippen LogP contribution in [0, 0.1) is 17.2 Å². The lowest BCUT2D eigenvalue weighted by Gasteiger charge is -2.38. The van der Waals surface area contributed by atoms with Crippen LogP contribution in [0.5, 0.6) is 0 Å². The van der Waals surface area contributed by atoms with Gasteiger partial charge in [-0.05, 0) is 123 Å². The van der Waals surface area contributed by atoms with Crippen molar-refractivity contribution < 1.29 is 14.4 Å². The van der Waals surface area contributed by atoms with Gasteiger partial charge in [-0.2, -0.15) is 5.26 Å². The number of imide groups is 1. The molecule has 0 bridgehead atoms. The molecule has 9 rings (SSSR count). The summed E-state index contributed by atoms with van der Waals surface area (Å²) in [6.07, 6.45) is 9.38. The molecular formula is C44H48ClN7O3. The molecule has 2 atom stereocenters. The Bertz CT molecular complexity index is 2160. The Balaban J connectivity index is 0.745. The molecular weight excluding hydrogens is 710 g/mol. The molecule has 11 heteroatoms. The molecule has 3 aromatic carbocycles. The van der Waals surface area contributed by atoms with Gasteiger partial charge in [0.25, 0.3) is 5.91 Å². The number of aromatic amines is 1. The van der Waals surface area contributed by atoms with Crippen LogP contribution in [0.4, 0.5) is 11.4 Å². The van der Waals surface area contributed by atoms with E-state index in [1.54, 1.807) is 11.1 Å². The quantitative estimate of drug-likeness (QED) is 0.197. The van der Waals surface area contributed by atoms with E-state index >= 15 is 0 Å². The first kappa shape index (κ1) is 35.8. The molecule has 1 unspecified atom stereocenters. The monoisotopic (exact) mass is 757 g/mol. The van der Waals surface area contributed by atoms with Crippen LogP contribution < -0.4 is 15.1 Å². The number of carbonyl (C=O) groups is 3. The number of rotatable bonds is 7. The minimum absolute atomic E-state index is 0.117. The Kier molecular flexibility index (Phi) is 9.77. The van der Waals surface area contributed by atoms with E-state index in [9.17, 15) is 19.6 Å². The van der Waals surface area contributed by atoms with Crippen molar-refractivity contribution in [1.82, 2.24) is 20.1 Å². The van der Waals surface area contributed by atoms with Crippen LogP contribution in [0.25, 0.3) is 10.9 Å². The van der Waals surface area contributed by atoms with Crippen LogP contribution >= 0.6 is 11.6 Å². The number of likely N-dealkylation sites (tertiary alicyclic amines) is 1. The SMILES string of the molecule is N#Cc1c[nH]c2c([C@@H]3CCCN(c4ccc(C5CCN(CC6CCN(c7ccc8c(c7)CN(C7CCC(=O)NC7=O)C8=O)CC6)CC5)cc4)C3)ccc(Cl)c12. The number of carbonyl (C=O) groups excluding carboxylic acids is 3. The fourth-order valence-corrected chi connectivity index (χ4v) is 10.3. The Hall–Kier alpha value is -4.85. The van der Waals surface area contributed by atoms with Crippen molar-refractivity contribution in [3.63, 3.8) is 0 Å². The first-order valence-corrected chi connectivity index (χ1v) is 20.5. The minimum atomic E-state index is -0.582. The van der Waals surface area contributed by atoms with E-state index in [0.717, 1.165) is 93.7 Å². The molecule has 2 N–H and O–H groups in total. The molecule has 0 radical (unpaired) electrons. The summed E-state index contributed by atoms with van der Waals surface area (Å²) in [5.41, 5.74) is 8.38. The van der Waals surface area contributed by atoms with Gasteiger partial charge in [-0.25, -0.2) is 0 Å². The second-order valence-electron chi connectivity index (χ2n) is 16.3. The summed E-state index contributed by atoms with van der Waals surface area (Å²) in [5, 5.41) is 13.4. The first-order chi connectivity index (χ1) is 26.8. The molecule has 1 aromatic heterocycles. The molecule has 5 aliphatic rings. The van der Waals surface area contributed by atoms with Crippen LogP contribution in [0.15, 0.2) is 60.8 Å². The molecule has 6 heterocycles. The van der Waals surface area contributed by atoms with Gasteiger partial charge in [0.2, 0.25) is 11.8 Å². The van der Waals surface area contributed by atoms with Crippen LogP contribution in [0.2, 0.25) is 5.02 Å². The predicted molar refractivity (Wildman–Crippen MR) is 214 cm³/mol. The van der Waals surface area contributed by atoms with Gasteiger partial charge < -0.3 is 24.6 Å². The molecule has 4 fully saturated rings. The van der Waals surface area contributed by atoms with E-state index in [1.807, 2.05) is 12.1 Å². The Morgan fingerprint density at radius 2 is 1.60 bits per heavy atom. The van der Waals surface area contributed by atoms with Gasteiger partial charge in [0.15, 0.2) is 0 Å². The summed E-state index contributed by atoms with van der Waals surface area (Å²) in [7, 11) is 0. The van der Waals surface area contributed by atoms with Crippen molar-refractivity contribution in [2.45, 2.75) is 75.8 Å². The van der Waals surface area contributed by atoms with Crippen LogP contribution in [-0.4, -0.2) is 84.4 Å². The topological polar surface area (TPSA) is 116 Å². The molecule has 10 nitrogen and oxygen atoms in total. The Morgan fingerprint density at radius 1 is 0.818 bits per heavy atom. The maximum absolute atomic E-state index is 13.1. The number of amides is 3. The highest BCUT2D eigenvalue weighted by Gasteiger charge is 2.39. The van der Waals surface area contributed by atoms with Crippen LogP contribution in [-0.2, 0) is 16.1 Å². The van der Waals surface area contributed by atoms with Crippen molar-refractivity contribution in [1.29, 1.82) is 5.26 Å². The number of fused-ring (bicyclic) bond motifs is 2. The average Bonchev–Trinajstić information content (AvgIpc) is 3.80. The molecule has 0 saturated carbocycles. The molecule has 5 aliphatic heterocycles. The molecule has 0 spiro atoms. The standard InChI is InChI=1S/C44H48ClN7O3/c45-38-10-9-36(42-41(38)33(23-46)24-47-42)31-2-1-17-51(26-31)34-5-3-29(4-6-34)30-15-18-49(19-16-30)25-28-13-20-50(21-14-28)35-7-8-37-32(22-35)27-52(44(37)55)39-11-12-40(53)48-43(39)54/h3-10,22,24,28,30-31,39,47H,1-2,11-21,25-27H2,(H,48,53,54)/t31-,39?/m1/s1. The van der Waals surface area contributed by atoms with E-state index < -0.39 is 6.04 Å². The highest BCUT2D eigenvalue weighted by molar-refractivity contribution is 6.36. The van der Waals surface area contributed by atoms with Gasteiger partial charge in [-0.1, -0.05) is 29.8 Å². The average molecular weight is 758 g/mol. The number of nitrogens with zero attached hydrogens (tertiary/aromatic N) is 5. The van der Waals surface area contributed by atoms with E-state index in [2.05, 4.69) is 73.5 Å². The number of nitrogens with one attached hydrogen (secondary N) is 2. The number of hydrogen-bond acceptors (Lipinski definition) is 7. The van der Waals surface area contributed by atoms with E-state index in [1.165, 1.54) is 29.7 Å². The van der Waals surface area contributed by atoms with E-state index in [4.69, 9.17) is 11.6 Å². The molecule has 55 heavy (non-hydrogen) atoms. The molecule has 3 amide bonds.